The maximum absolute atomic E-state index is 11.5. The average molecular weight is 399 g/mol. The van der Waals surface area contributed by atoms with Crippen molar-refractivity contribution in [3.05, 3.63) is 100 Å². The summed E-state index contributed by atoms with van der Waals surface area (Å²) >= 11 is 6.14. The lowest BCUT2D eigenvalue weighted by molar-refractivity contribution is -0.384. The second kappa shape index (κ2) is 6.76. The molecule has 0 atom stereocenters. The smallest absolute Gasteiger partial charge is 0.277 e. The standard InChI is InChI=1S/C24H15ClN2O2/c25-16-10-12-24(27(28)29)21(14-16)15-9-11-20-18-6-2-1-5-17(18)19-7-3-4-8-22(19)26-23(20)13-15/h1-14,26H. The zero-order chi connectivity index (χ0) is 20.0. The van der Waals surface area contributed by atoms with Gasteiger partial charge in [0.25, 0.3) is 5.69 Å². The molecule has 0 fully saturated rings. The van der Waals surface area contributed by atoms with Crippen molar-refractivity contribution in [3.8, 4) is 33.4 Å². The average Bonchev–Trinajstić information content (AvgIpc) is 2.87. The molecular weight excluding hydrogens is 384 g/mol. The fraction of sp³-hybridized carbons (Fsp3) is 0. The molecule has 0 aromatic heterocycles. The van der Waals surface area contributed by atoms with Gasteiger partial charge < -0.3 is 5.32 Å². The van der Waals surface area contributed by atoms with Crippen LogP contribution in [-0.4, -0.2) is 4.92 Å². The van der Waals surface area contributed by atoms with Gasteiger partial charge in [0, 0.05) is 33.6 Å². The highest BCUT2D eigenvalue weighted by Gasteiger charge is 2.21. The summed E-state index contributed by atoms with van der Waals surface area (Å²) in [4.78, 5) is 11.1. The second-order valence-corrected chi connectivity index (χ2v) is 7.33. The summed E-state index contributed by atoms with van der Waals surface area (Å²) in [5, 5.41) is 15.5. The van der Waals surface area contributed by atoms with Crippen molar-refractivity contribution in [1.82, 2.24) is 0 Å². The van der Waals surface area contributed by atoms with E-state index in [0.29, 0.717) is 10.6 Å². The van der Waals surface area contributed by atoms with Crippen LogP contribution in [0.5, 0.6) is 0 Å². The third-order valence-corrected chi connectivity index (χ3v) is 5.42. The van der Waals surface area contributed by atoms with Crippen LogP contribution in [0.4, 0.5) is 17.1 Å². The van der Waals surface area contributed by atoms with Gasteiger partial charge in [-0.3, -0.25) is 10.1 Å². The van der Waals surface area contributed by atoms with Crippen LogP contribution in [0.15, 0.2) is 84.9 Å². The molecule has 1 aliphatic heterocycles. The Balaban J connectivity index is 1.75. The number of nitrogens with zero attached hydrogens (tertiary/aromatic N) is 1. The molecule has 4 aromatic rings. The van der Waals surface area contributed by atoms with Gasteiger partial charge >= 0.3 is 0 Å². The first-order valence-corrected chi connectivity index (χ1v) is 9.54. The fourth-order valence-electron chi connectivity index (χ4n) is 3.87. The van der Waals surface area contributed by atoms with E-state index in [4.69, 9.17) is 11.6 Å². The molecule has 1 heterocycles. The molecule has 5 heteroatoms. The number of halogens is 1. The number of fused-ring (bicyclic) bond motifs is 5. The normalized spacial score (nSPS) is 11.5. The van der Waals surface area contributed by atoms with Gasteiger partial charge in [0.05, 0.1) is 10.5 Å². The van der Waals surface area contributed by atoms with E-state index >= 15 is 0 Å². The summed E-state index contributed by atoms with van der Waals surface area (Å²) < 4.78 is 0. The highest BCUT2D eigenvalue weighted by molar-refractivity contribution is 6.31. The van der Waals surface area contributed by atoms with Crippen molar-refractivity contribution in [1.29, 1.82) is 0 Å². The zero-order valence-corrected chi connectivity index (χ0v) is 16.0. The number of hydrogen-bond acceptors (Lipinski definition) is 3. The van der Waals surface area contributed by atoms with Crippen LogP contribution in [0.25, 0.3) is 33.4 Å². The molecule has 0 saturated heterocycles. The molecular formula is C24H15ClN2O2. The Hall–Kier alpha value is -3.63. The molecule has 0 saturated carbocycles. The SMILES string of the molecule is O=[N+]([O-])c1ccc(Cl)cc1-c1ccc2c(c1)Nc1ccccc1-c1ccccc1-2. The van der Waals surface area contributed by atoms with E-state index in [1.165, 1.54) is 12.1 Å². The number of nitrogens with one attached hydrogen (secondary N) is 1. The van der Waals surface area contributed by atoms with Gasteiger partial charge in [-0.1, -0.05) is 66.2 Å². The van der Waals surface area contributed by atoms with Gasteiger partial charge in [0.2, 0.25) is 0 Å². The summed E-state index contributed by atoms with van der Waals surface area (Å²) in [6.45, 7) is 0. The van der Waals surface area contributed by atoms with Crippen LogP contribution in [0.2, 0.25) is 5.02 Å². The second-order valence-electron chi connectivity index (χ2n) is 6.90. The van der Waals surface area contributed by atoms with E-state index < -0.39 is 0 Å². The summed E-state index contributed by atoms with van der Waals surface area (Å²) in [6.07, 6.45) is 0. The number of nitro groups is 1. The highest BCUT2D eigenvalue weighted by atomic mass is 35.5. The molecule has 0 unspecified atom stereocenters. The van der Waals surface area contributed by atoms with Crippen molar-refractivity contribution >= 4 is 28.7 Å². The molecule has 29 heavy (non-hydrogen) atoms. The number of hydrogen-bond donors (Lipinski definition) is 1. The quantitative estimate of drug-likeness (QED) is 0.250. The highest BCUT2D eigenvalue weighted by Crippen LogP contribution is 2.45. The number of para-hydroxylation sites is 1. The molecule has 0 aliphatic carbocycles. The number of rotatable bonds is 2. The van der Waals surface area contributed by atoms with Gasteiger partial charge in [0.15, 0.2) is 0 Å². The van der Waals surface area contributed by atoms with E-state index in [1.807, 2.05) is 48.5 Å². The van der Waals surface area contributed by atoms with Crippen LogP contribution in [0, 0.1) is 10.1 Å². The minimum absolute atomic E-state index is 0.0313. The van der Waals surface area contributed by atoms with Crippen LogP contribution < -0.4 is 5.32 Å². The summed E-state index contributed by atoms with van der Waals surface area (Å²) in [6, 6.07) is 26.9. The molecule has 5 rings (SSSR count). The number of nitro benzene ring substituents is 1. The monoisotopic (exact) mass is 398 g/mol. The van der Waals surface area contributed by atoms with Crippen molar-refractivity contribution in [2.24, 2.45) is 0 Å². The van der Waals surface area contributed by atoms with E-state index in [9.17, 15) is 10.1 Å². The summed E-state index contributed by atoms with van der Waals surface area (Å²) in [5.41, 5.74) is 7.59. The van der Waals surface area contributed by atoms with Crippen molar-refractivity contribution in [3.63, 3.8) is 0 Å². The number of anilines is 2. The maximum Gasteiger partial charge on any atom is 0.277 e. The third kappa shape index (κ3) is 2.94. The largest absolute Gasteiger partial charge is 0.354 e. The van der Waals surface area contributed by atoms with Crippen molar-refractivity contribution in [2.75, 3.05) is 5.32 Å². The Labute approximate surface area is 172 Å². The molecule has 4 aromatic carbocycles. The summed E-state index contributed by atoms with van der Waals surface area (Å²) in [7, 11) is 0. The first-order valence-electron chi connectivity index (χ1n) is 9.16. The van der Waals surface area contributed by atoms with Crippen LogP contribution >= 0.6 is 11.6 Å². The zero-order valence-electron chi connectivity index (χ0n) is 15.2. The molecule has 0 bridgehead atoms. The van der Waals surface area contributed by atoms with Crippen molar-refractivity contribution in [2.45, 2.75) is 0 Å². The minimum Gasteiger partial charge on any atom is -0.354 e. The summed E-state index contributed by atoms with van der Waals surface area (Å²) in [5.74, 6) is 0. The Morgan fingerprint density at radius 1 is 0.690 bits per heavy atom. The van der Waals surface area contributed by atoms with E-state index in [2.05, 4.69) is 23.5 Å². The van der Waals surface area contributed by atoms with E-state index in [1.54, 1.807) is 6.07 Å². The van der Waals surface area contributed by atoms with Gasteiger partial charge in [-0.25, -0.2) is 0 Å². The Morgan fingerprint density at radius 2 is 1.34 bits per heavy atom. The van der Waals surface area contributed by atoms with E-state index in [0.717, 1.165) is 39.2 Å². The predicted octanol–water partition coefficient (Wildman–Crippen LogP) is 7.31. The molecule has 140 valence electrons. The molecule has 1 N–H and O–H groups in total. The molecule has 0 spiro atoms. The van der Waals surface area contributed by atoms with Crippen LogP contribution in [-0.2, 0) is 0 Å². The predicted molar refractivity (Wildman–Crippen MR) is 118 cm³/mol. The third-order valence-electron chi connectivity index (χ3n) is 5.19. The van der Waals surface area contributed by atoms with Crippen LogP contribution in [0.1, 0.15) is 0 Å². The fourth-order valence-corrected chi connectivity index (χ4v) is 4.05. The lowest BCUT2D eigenvalue weighted by atomic mass is 9.93. The van der Waals surface area contributed by atoms with Gasteiger partial charge in [0.1, 0.15) is 0 Å². The lowest BCUT2D eigenvalue weighted by Gasteiger charge is -2.13. The minimum atomic E-state index is -0.380. The van der Waals surface area contributed by atoms with E-state index in [-0.39, 0.29) is 10.6 Å². The molecule has 0 radical (unpaired) electrons. The Morgan fingerprint density at radius 3 is 2.07 bits per heavy atom. The van der Waals surface area contributed by atoms with Gasteiger partial charge in [-0.15, -0.1) is 0 Å². The van der Waals surface area contributed by atoms with Crippen molar-refractivity contribution < 1.29 is 4.92 Å². The number of benzene rings is 4. The Bertz CT molecular complexity index is 1280. The maximum atomic E-state index is 11.5. The Kier molecular flexibility index (Phi) is 4.07. The van der Waals surface area contributed by atoms with Gasteiger partial charge in [-0.2, -0.15) is 0 Å². The lowest BCUT2D eigenvalue weighted by Crippen LogP contribution is -1.95. The molecule has 1 aliphatic rings. The molecule has 4 nitrogen and oxygen atoms in total. The first-order chi connectivity index (χ1) is 14.1. The topological polar surface area (TPSA) is 55.2 Å². The van der Waals surface area contributed by atoms with Crippen LogP contribution in [0.3, 0.4) is 0 Å². The molecule has 0 amide bonds. The first kappa shape index (κ1) is 17.5. The van der Waals surface area contributed by atoms with Gasteiger partial charge in [-0.05, 0) is 41.0 Å².